The standard InChI is InChI=1S/CH2O3.Li.H2O.Zr.H/c2-1(3)4;;;;/h(H2,2,3,4);;1H2;;/q;+1;;;-1. The quantitative estimate of drug-likeness (QED) is 0.378. The Morgan fingerprint density at radius 2 is 1.43 bits per heavy atom. The van der Waals surface area contributed by atoms with Crippen molar-refractivity contribution < 1.29 is 67.0 Å². The van der Waals surface area contributed by atoms with E-state index in [1.54, 1.807) is 0 Å². The number of rotatable bonds is 0. The average molecular weight is 179 g/mol. The summed E-state index contributed by atoms with van der Waals surface area (Å²) in [6.07, 6.45) is -1.83. The van der Waals surface area contributed by atoms with Crippen LogP contribution in [0.3, 0.4) is 0 Å². The van der Waals surface area contributed by atoms with Gasteiger partial charge in [-0.3, -0.25) is 0 Å². The molecule has 0 saturated heterocycles. The van der Waals surface area contributed by atoms with Gasteiger partial charge in [0.15, 0.2) is 0 Å². The third-order valence-electron chi connectivity index (χ3n) is 0. The van der Waals surface area contributed by atoms with E-state index in [0.29, 0.717) is 0 Å². The minimum atomic E-state index is -1.83. The molecule has 38 valence electrons. The van der Waals surface area contributed by atoms with Gasteiger partial charge in [-0.25, -0.2) is 4.79 Å². The summed E-state index contributed by atoms with van der Waals surface area (Å²) in [6.45, 7) is 0. The molecule has 0 rings (SSSR count). The van der Waals surface area contributed by atoms with Gasteiger partial charge in [-0.2, -0.15) is 0 Å². The number of hydrogen-bond donors (Lipinski definition) is 2. The van der Waals surface area contributed by atoms with E-state index in [-0.39, 0.29) is 52.0 Å². The van der Waals surface area contributed by atoms with Crippen molar-refractivity contribution >= 4 is 6.16 Å². The molecule has 0 aliphatic carbocycles. The van der Waals surface area contributed by atoms with Crippen molar-refractivity contribution in [1.82, 2.24) is 0 Å². The molecule has 0 aromatic heterocycles. The summed E-state index contributed by atoms with van der Waals surface area (Å²) in [4.78, 5) is 8.56. The molecule has 4 nitrogen and oxygen atoms in total. The molecule has 0 saturated carbocycles. The molecule has 0 aromatic carbocycles. The molecular formula is CH5LiO4Zr. The van der Waals surface area contributed by atoms with Crippen molar-refractivity contribution in [2.45, 2.75) is 0 Å². The molecule has 0 bridgehead atoms. The Bertz CT molecular complexity index is 39.0. The largest absolute Gasteiger partial charge is 1.00 e. The normalized spacial score (nSPS) is 3.43. The van der Waals surface area contributed by atoms with Gasteiger partial charge in [-0.15, -0.1) is 0 Å². The number of hydrogen-bond acceptors (Lipinski definition) is 1. The Kier molecular flexibility index (Phi) is 57.3. The number of carboxylic acid groups (broad SMARTS) is 2. The summed E-state index contributed by atoms with van der Waals surface area (Å²) in [5, 5.41) is 13.9. The molecular weight excluding hydrogens is 174 g/mol. The second-order valence-electron chi connectivity index (χ2n) is 0.283. The van der Waals surface area contributed by atoms with Crippen LogP contribution in [0.4, 0.5) is 4.79 Å². The smallest absolute Gasteiger partial charge is 1.00 e. The van der Waals surface area contributed by atoms with Crippen LogP contribution in [0.15, 0.2) is 0 Å². The topological polar surface area (TPSA) is 89.0 Å². The average Bonchev–Trinajstić information content (AvgIpc) is 0.811. The number of carbonyl (C=O) groups is 1. The summed E-state index contributed by atoms with van der Waals surface area (Å²) in [6, 6.07) is 0. The van der Waals surface area contributed by atoms with Crippen LogP contribution in [0.5, 0.6) is 0 Å². The molecule has 0 heterocycles. The van der Waals surface area contributed by atoms with Crippen molar-refractivity contribution in [2.24, 2.45) is 0 Å². The van der Waals surface area contributed by atoms with E-state index in [4.69, 9.17) is 15.0 Å². The van der Waals surface area contributed by atoms with E-state index < -0.39 is 6.16 Å². The van der Waals surface area contributed by atoms with E-state index >= 15 is 0 Å². The van der Waals surface area contributed by atoms with Gasteiger partial charge in [-0.05, 0) is 0 Å². The van der Waals surface area contributed by atoms with Gasteiger partial charge in [0, 0.05) is 26.2 Å². The summed E-state index contributed by atoms with van der Waals surface area (Å²) < 4.78 is 0. The summed E-state index contributed by atoms with van der Waals surface area (Å²) in [7, 11) is 0. The van der Waals surface area contributed by atoms with Crippen molar-refractivity contribution in [3.63, 3.8) is 0 Å². The first-order valence-corrected chi connectivity index (χ1v) is 0.651. The SMILES string of the molecule is O.O=C(O)O.[H-].[Li+].[Zr]. The first-order chi connectivity index (χ1) is 1.73. The third kappa shape index (κ3) is 295. The van der Waals surface area contributed by atoms with Gasteiger partial charge >= 0.3 is 25.0 Å². The van der Waals surface area contributed by atoms with E-state index in [1.165, 1.54) is 0 Å². The second-order valence-corrected chi connectivity index (χ2v) is 0.283. The molecule has 0 aromatic rings. The zero-order chi connectivity index (χ0) is 3.58. The fourth-order valence-corrected chi connectivity index (χ4v) is 0. The van der Waals surface area contributed by atoms with Crippen LogP contribution in [-0.4, -0.2) is 21.8 Å². The summed E-state index contributed by atoms with van der Waals surface area (Å²) in [5.74, 6) is 0. The van der Waals surface area contributed by atoms with Crippen LogP contribution in [0.2, 0.25) is 0 Å². The van der Waals surface area contributed by atoms with E-state index in [1.807, 2.05) is 0 Å². The van der Waals surface area contributed by atoms with E-state index in [0.717, 1.165) is 0 Å². The Morgan fingerprint density at radius 3 is 1.43 bits per heavy atom. The Hall–Kier alpha value is 0.711. The maximum absolute atomic E-state index is 8.56. The van der Waals surface area contributed by atoms with Crippen LogP contribution in [0, 0.1) is 0 Å². The molecule has 0 fully saturated rings. The van der Waals surface area contributed by atoms with E-state index in [9.17, 15) is 0 Å². The zero-order valence-corrected chi connectivity index (χ0v) is 6.26. The maximum atomic E-state index is 8.56. The summed E-state index contributed by atoms with van der Waals surface area (Å²) >= 11 is 0. The van der Waals surface area contributed by atoms with Crippen LogP contribution in [-0.2, 0) is 26.2 Å². The Morgan fingerprint density at radius 1 is 1.43 bits per heavy atom. The third-order valence-corrected chi connectivity index (χ3v) is 0. The fraction of sp³-hybridized carbons (Fsp3) is 0. The first-order valence-electron chi connectivity index (χ1n) is 0.651. The summed E-state index contributed by atoms with van der Waals surface area (Å²) in [5.41, 5.74) is 0. The van der Waals surface area contributed by atoms with Gasteiger partial charge in [0.2, 0.25) is 0 Å². The van der Waals surface area contributed by atoms with Crippen LogP contribution >= 0.6 is 0 Å². The molecule has 4 N–H and O–H groups in total. The molecule has 0 aliphatic heterocycles. The predicted molar refractivity (Wildman–Crippen MR) is 15.4 cm³/mol. The van der Waals surface area contributed by atoms with Gasteiger partial charge in [0.05, 0.1) is 0 Å². The zero-order valence-electron chi connectivity index (χ0n) is 4.80. The van der Waals surface area contributed by atoms with Crippen molar-refractivity contribution in [1.29, 1.82) is 0 Å². The first kappa shape index (κ1) is 25.2. The fourth-order valence-electron chi connectivity index (χ4n) is 0. The van der Waals surface area contributed by atoms with Crippen LogP contribution in [0.1, 0.15) is 1.43 Å². The van der Waals surface area contributed by atoms with Gasteiger partial charge in [0.25, 0.3) is 0 Å². The molecule has 0 aliphatic rings. The molecule has 0 atom stereocenters. The molecule has 0 unspecified atom stereocenters. The maximum Gasteiger partial charge on any atom is 1.00 e. The van der Waals surface area contributed by atoms with Crippen molar-refractivity contribution in [2.75, 3.05) is 0 Å². The minimum Gasteiger partial charge on any atom is -1.00 e. The Labute approximate surface area is 73.0 Å². The minimum absolute atomic E-state index is 0. The molecule has 6 heteroatoms. The van der Waals surface area contributed by atoms with Crippen molar-refractivity contribution in [3.05, 3.63) is 0 Å². The molecule has 0 radical (unpaired) electrons. The molecule has 7 heavy (non-hydrogen) atoms. The van der Waals surface area contributed by atoms with Crippen molar-refractivity contribution in [3.8, 4) is 0 Å². The second kappa shape index (κ2) is 15.9. The molecule has 0 amide bonds. The van der Waals surface area contributed by atoms with Crippen LogP contribution < -0.4 is 18.9 Å². The Balaban J connectivity index is -0.00000000750. The van der Waals surface area contributed by atoms with Gasteiger partial charge < -0.3 is 17.1 Å². The monoisotopic (exact) mass is 178 g/mol. The molecule has 0 spiro atoms. The van der Waals surface area contributed by atoms with Gasteiger partial charge in [0.1, 0.15) is 0 Å². The predicted octanol–water partition coefficient (Wildman–Crippen LogP) is -3.49. The van der Waals surface area contributed by atoms with E-state index in [2.05, 4.69) is 0 Å². The van der Waals surface area contributed by atoms with Crippen LogP contribution in [0.25, 0.3) is 0 Å². The van der Waals surface area contributed by atoms with Gasteiger partial charge in [-0.1, -0.05) is 0 Å².